The van der Waals surface area contributed by atoms with Crippen LogP contribution in [0.4, 0.5) is 0 Å². The highest BCUT2D eigenvalue weighted by Gasteiger charge is 2.08. The predicted molar refractivity (Wildman–Crippen MR) is 51.6 cm³/mol. The summed E-state index contributed by atoms with van der Waals surface area (Å²) in [4.78, 5) is 0. The molecular formula is C9H19OS. The van der Waals surface area contributed by atoms with Gasteiger partial charge in [0, 0.05) is 4.75 Å². The van der Waals surface area contributed by atoms with Crippen molar-refractivity contribution in [2.24, 2.45) is 0 Å². The molecule has 0 spiro atoms. The fourth-order valence-corrected chi connectivity index (χ4v) is 1.72. The maximum atomic E-state index is 10.1. The van der Waals surface area contributed by atoms with E-state index in [2.05, 4.69) is 20.8 Å². The van der Waals surface area contributed by atoms with Crippen molar-refractivity contribution in [3.05, 3.63) is 0 Å². The zero-order valence-electron chi connectivity index (χ0n) is 7.85. The Morgan fingerprint density at radius 2 is 1.73 bits per heavy atom. The van der Waals surface area contributed by atoms with Gasteiger partial charge in [-0.2, -0.15) is 11.8 Å². The number of unbranched alkanes of at least 4 members (excludes halogenated alkanes) is 2. The lowest BCUT2D eigenvalue weighted by atomic mass is 10.2. The first-order chi connectivity index (χ1) is 5.06. The molecule has 0 aliphatic rings. The van der Waals surface area contributed by atoms with Gasteiger partial charge in [0.15, 0.2) is 0 Å². The van der Waals surface area contributed by atoms with Crippen molar-refractivity contribution in [3.8, 4) is 0 Å². The van der Waals surface area contributed by atoms with E-state index in [0.717, 1.165) is 12.8 Å². The van der Waals surface area contributed by atoms with Crippen LogP contribution in [0.25, 0.3) is 0 Å². The lowest BCUT2D eigenvalue weighted by Gasteiger charge is -2.16. The van der Waals surface area contributed by atoms with E-state index >= 15 is 0 Å². The molecule has 1 radical (unpaired) electrons. The number of hydrogen-bond acceptors (Lipinski definition) is 1. The van der Waals surface area contributed by atoms with Crippen LogP contribution in [0.2, 0.25) is 0 Å². The summed E-state index contributed by atoms with van der Waals surface area (Å²) in [5.74, 6) is 1.20. The van der Waals surface area contributed by atoms with Gasteiger partial charge in [0.05, 0.1) is 6.61 Å². The van der Waals surface area contributed by atoms with Crippen molar-refractivity contribution >= 4 is 11.8 Å². The minimum Gasteiger partial charge on any atom is -0.237 e. The number of rotatable bonds is 5. The Hall–Kier alpha value is 0.310. The van der Waals surface area contributed by atoms with Gasteiger partial charge in [-0.15, -0.1) is 0 Å². The Morgan fingerprint density at radius 3 is 2.18 bits per heavy atom. The third-order valence-corrected chi connectivity index (χ3v) is 2.68. The molecule has 0 aromatic rings. The molecular weight excluding hydrogens is 156 g/mol. The van der Waals surface area contributed by atoms with E-state index in [1.54, 1.807) is 0 Å². The molecule has 0 heterocycles. The van der Waals surface area contributed by atoms with Crippen LogP contribution in [0.5, 0.6) is 0 Å². The zero-order chi connectivity index (χ0) is 8.74. The van der Waals surface area contributed by atoms with E-state index in [0.29, 0.717) is 4.75 Å². The topological polar surface area (TPSA) is 19.9 Å². The monoisotopic (exact) mass is 175 g/mol. The number of hydrogen-bond donors (Lipinski definition) is 0. The molecule has 0 rings (SSSR count). The van der Waals surface area contributed by atoms with Gasteiger partial charge < -0.3 is 0 Å². The van der Waals surface area contributed by atoms with Crippen molar-refractivity contribution in [2.75, 3.05) is 12.4 Å². The van der Waals surface area contributed by atoms with Gasteiger partial charge >= 0.3 is 0 Å². The smallest absolute Gasteiger partial charge is 0.0822 e. The molecule has 0 aliphatic carbocycles. The van der Waals surface area contributed by atoms with Gasteiger partial charge in [-0.25, -0.2) is 5.11 Å². The van der Waals surface area contributed by atoms with Crippen LogP contribution in [0, 0.1) is 0 Å². The molecule has 0 amide bonds. The van der Waals surface area contributed by atoms with Gasteiger partial charge in [0.2, 0.25) is 0 Å². The Morgan fingerprint density at radius 1 is 1.09 bits per heavy atom. The highest BCUT2D eigenvalue weighted by Crippen LogP contribution is 2.24. The second-order valence-corrected chi connectivity index (χ2v) is 5.65. The van der Waals surface area contributed by atoms with Crippen molar-refractivity contribution in [2.45, 2.75) is 44.8 Å². The summed E-state index contributed by atoms with van der Waals surface area (Å²) in [5, 5.41) is 10.1. The van der Waals surface area contributed by atoms with Gasteiger partial charge in [-0.1, -0.05) is 27.2 Å². The molecule has 0 aromatic heterocycles. The van der Waals surface area contributed by atoms with Gasteiger partial charge in [0.1, 0.15) is 0 Å². The van der Waals surface area contributed by atoms with Crippen LogP contribution < -0.4 is 0 Å². The van der Waals surface area contributed by atoms with E-state index in [1.807, 2.05) is 11.8 Å². The summed E-state index contributed by atoms with van der Waals surface area (Å²) in [6.07, 6.45) is 3.15. The minimum absolute atomic E-state index is 0.0974. The van der Waals surface area contributed by atoms with Gasteiger partial charge in [-0.05, 0) is 18.6 Å². The normalized spacial score (nSPS) is 12.0. The van der Waals surface area contributed by atoms with Crippen LogP contribution in [0.3, 0.4) is 0 Å². The van der Waals surface area contributed by atoms with Crippen LogP contribution in [-0.4, -0.2) is 17.1 Å². The van der Waals surface area contributed by atoms with Crippen molar-refractivity contribution in [3.63, 3.8) is 0 Å². The van der Waals surface area contributed by atoms with Crippen LogP contribution in [0.1, 0.15) is 40.0 Å². The summed E-state index contributed by atoms with van der Waals surface area (Å²) in [6.45, 7) is 6.78. The average molecular weight is 175 g/mol. The van der Waals surface area contributed by atoms with E-state index in [-0.39, 0.29) is 6.61 Å². The van der Waals surface area contributed by atoms with E-state index in [1.165, 1.54) is 12.2 Å². The second-order valence-electron chi connectivity index (χ2n) is 3.73. The summed E-state index contributed by atoms with van der Waals surface area (Å²) >= 11 is 1.98. The first-order valence-electron chi connectivity index (χ1n) is 4.28. The molecule has 0 saturated carbocycles. The fourth-order valence-electron chi connectivity index (χ4n) is 0.759. The number of thioether (sulfide) groups is 1. The Kier molecular flexibility index (Phi) is 6.06. The van der Waals surface area contributed by atoms with E-state index in [9.17, 15) is 5.11 Å². The van der Waals surface area contributed by atoms with Crippen molar-refractivity contribution in [1.29, 1.82) is 0 Å². The van der Waals surface area contributed by atoms with E-state index < -0.39 is 0 Å². The lowest BCUT2D eigenvalue weighted by Crippen LogP contribution is -2.08. The van der Waals surface area contributed by atoms with Crippen molar-refractivity contribution < 1.29 is 5.11 Å². The highest BCUT2D eigenvalue weighted by atomic mass is 32.2. The maximum absolute atomic E-state index is 10.1. The standard InChI is InChI=1S/C9H19OS/c1-9(2,3)11-8-6-4-5-7-10/h4-8H2,1-3H3. The molecule has 11 heavy (non-hydrogen) atoms. The molecule has 0 aliphatic heterocycles. The Bertz CT molecular complexity index is 86.1. The molecule has 0 fully saturated rings. The first kappa shape index (κ1) is 11.3. The Labute approximate surface area is 74.6 Å². The molecule has 2 heteroatoms. The summed E-state index contributed by atoms with van der Waals surface area (Å²) < 4.78 is 0.386. The molecule has 0 atom stereocenters. The quantitative estimate of drug-likeness (QED) is 0.588. The SMILES string of the molecule is CC(C)(C)SCCCCC[O]. The van der Waals surface area contributed by atoms with Gasteiger partial charge in [0.25, 0.3) is 0 Å². The summed E-state index contributed by atoms with van der Waals surface area (Å²) in [7, 11) is 0. The van der Waals surface area contributed by atoms with Gasteiger partial charge in [-0.3, -0.25) is 0 Å². The zero-order valence-corrected chi connectivity index (χ0v) is 8.67. The highest BCUT2D eigenvalue weighted by molar-refractivity contribution is 8.00. The largest absolute Gasteiger partial charge is 0.237 e. The van der Waals surface area contributed by atoms with Crippen molar-refractivity contribution in [1.82, 2.24) is 0 Å². The van der Waals surface area contributed by atoms with Crippen LogP contribution >= 0.6 is 11.8 Å². The average Bonchev–Trinajstić information content (AvgIpc) is 1.85. The summed E-state index contributed by atoms with van der Waals surface area (Å²) in [6, 6.07) is 0. The first-order valence-corrected chi connectivity index (χ1v) is 5.27. The van der Waals surface area contributed by atoms with Crippen LogP contribution in [0.15, 0.2) is 0 Å². The molecule has 0 saturated heterocycles. The molecule has 67 valence electrons. The molecule has 1 nitrogen and oxygen atoms in total. The van der Waals surface area contributed by atoms with Crippen LogP contribution in [-0.2, 0) is 5.11 Å². The predicted octanol–water partition coefficient (Wildman–Crippen LogP) is 3.12. The van der Waals surface area contributed by atoms with E-state index in [4.69, 9.17) is 0 Å². The molecule has 0 bridgehead atoms. The molecule has 0 aromatic carbocycles. The second kappa shape index (κ2) is 5.90. The third kappa shape index (κ3) is 10.3. The lowest BCUT2D eigenvalue weighted by molar-refractivity contribution is 0.186. The molecule has 0 N–H and O–H groups in total. The minimum atomic E-state index is 0.0974. The fraction of sp³-hybridized carbons (Fsp3) is 1.00. The Balaban J connectivity index is 3.02. The maximum Gasteiger partial charge on any atom is 0.0822 e. The summed E-state index contributed by atoms with van der Waals surface area (Å²) in [5.41, 5.74) is 0. The third-order valence-electron chi connectivity index (χ3n) is 1.32. The molecule has 0 unspecified atom stereocenters.